The molecule has 3 rings (SSSR count). The van der Waals surface area contributed by atoms with E-state index in [0.29, 0.717) is 6.54 Å². The van der Waals surface area contributed by atoms with Crippen LogP contribution >= 0.6 is 35.1 Å². The topological polar surface area (TPSA) is 45.7 Å². The van der Waals surface area contributed by atoms with Crippen molar-refractivity contribution < 1.29 is 9.53 Å². The lowest BCUT2D eigenvalue weighted by molar-refractivity contribution is 0.0989. The zero-order valence-electron chi connectivity index (χ0n) is 14.3. The maximum atomic E-state index is 12.9. The number of carbonyl (C=O) groups excluding carboxylic acids is 1. The highest BCUT2D eigenvalue weighted by molar-refractivity contribution is 7.22. The van der Waals surface area contributed by atoms with E-state index >= 15 is 0 Å². The molecule has 0 bridgehead atoms. The molecule has 0 aliphatic carbocycles. The van der Waals surface area contributed by atoms with Crippen molar-refractivity contribution in [3.05, 3.63) is 40.6 Å². The van der Waals surface area contributed by atoms with Crippen LogP contribution in [-0.2, 0) is 0 Å². The van der Waals surface area contributed by atoms with Gasteiger partial charge in [0.1, 0.15) is 5.75 Å². The van der Waals surface area contributed by atoms with Gasteiger partial charge >= 0.3 is 0 Å². The Bertz CT molecular complexity index is 834. The Morgan fingerprint density at radius 3 is 2.68 bits per heavy atom. The van der Waals surface area contributed by atoms with Crippen LogP contribution in [0, 0.1) is 0 Å². The van der Waals surface area contributed by atoms with Crippen molar-refractivity contribution in [1.29, 1.82) is 0 Å². The van der Waals surface area contributed by atoms with Crippen LogP contribution in [0.25, 0.3) is 10.2 Å². The molecule has 8 heteroatoms. The molecule has 0 saturated heterocycles. The van der Waals surface area contributed by atoms with Gasteiger partial charge in [0.2, 0.25) is 0 Å². The number of likely N-dealkylation sites (N-methyl/N-ethyl adjacent to an activating group) is 1. The Morgan fingerprint density at radius 1 is 1.24 bits per heavy atom. The molecule has 134 valence electrons. The number of amides is 1. The number of nitrogens with zero attached hydrogens (tertiary/aromatic N) is 3. The molecular weight excluding hydrogens is 378 g/mol. The number of methoxy groups -OCH3 is 1. The van der Waals surface area contributed by atoms with Crippen molar-refractivity contribution in [2.24, 2.45) is 0 Å². The first kappa shape index (κ1) is 19.7. The van der Waals surface area contributed by atoms with Crippen molar-refractivity contribution in [3.63, 3.8) is 0 Å². The summed E-state index contributed by atoms with van der Waals surface area (Å²) in [4.78, 5) is 22.1. The van der Waals surface area contributed by atoms with Crippen LogP contribution in [-0.4, -0.2) is 50.1 Å². The molecule has 0 radical (unpaired) electrons. The van der Waals surface area contributed by atoms with E-state index in [1.165, 1.54) is 22.7 Å². The summed E-state index contributed by atoms with van der Waals surface area (Å²) in [6.07, 6.45) is 0. The Morgan fingerprint density at radius 2 is 2.04 bits per heavy atom. The molecule has 0 atom stereocenters. The number of benzene rings is 1. The first-order valence-corrected chi connectivity index (χ1v) is 9.23. The van der Waals surface area contributed by atoms with Gasteiger partial charge in [-0.15, -0.1) is 23.7 Å². The van der Waals surface area contributed by atoms with Crippen LogP contribution < -0.4 is 9.64 Å². The van der Waals surface area contributed by atoms with Gasteiger partial charge in [0.15, 0.2) is 5.13 Å². The highest BCUT2D eigenvalue weighted by atomic mass is 35.5. The summed E-state index contributed by atoms with van der Waals surface area (Å²) in [5.41, 5.74) is 0.879. The van der Waals surface area contributed by atoms with Gasteiger partial charge in [-0.3, -0.25) is 9.69 Å². The van der Waals surface area contributed by atoms with Gasteiger partial charge in [-0.2, -0.15) is 0 Å². The normalized spacial score (nSPS) is 10.7. The van der Waals surface area contributed by atoms with E-state index in [4.69, 9.17) is 4.74 Å². The Hall–Kier alpha value is -1.67. The van der Waals surface area contributed by atoms with E-state index in [2.05, 4.69) is 9.88 Å². The molecule has 0 unspecified atom stereocenters. The number of fused-ring (bicyclic) bond motifs is 1. The number of rotatable bonds is 6. The molecule has 0 N–H and O–H groups in total. The lowest BCUT2D eigenvalue weighted by Crippen LogP contribution is -2.36. The fourth-order valence-corrected chi connectivity index (χ4v) is 3.94. The van der Waals surface area contributed by atoms with Gasteiger partial charge in [0, 0.05) is 13.1 Å². The van der Waals surface area contributed by atoms with E-state index in [-0.39, 0.29) is 18.3 Å². The summed E-state index contributed by atoms with van der Waals surface area (Å²) in [6, 6.07) is 9.51. The minimum atomic E-state index is -0.00197. The first-order chi connectivity index (χ1) is 11.6. The molecule has 3 aromatic rings. The molecule has 0 saturated carbocycles. The number of thiazole rings is 1. The van der Waals surface area contributed by atoms with E-state index in [9.17, 15) is 4.79 Å². The van der Waals surface area contributed by atoms with Gasteiger partial charge in [0.25, 0.3) is 5.91 Å². The number of anilines is 1. The second-order valence-electron chi connectivity index (χ2n) is 5.57. The Balaban J connectivity index is 0.00000225. The monoisotopic (exact) mass is 397 g/mol. The van der Waals surface area contributed by atoms with E-state index < -0.39 is 0 Å². The third kappa shape index (κ3) is 4.49. The van der Waals surface area contributed by atoms with E-state index in [1.807, 2.05) is 49.8 Å². The quantitative estimate of drug-likeness (QED) is 0.630. The predicted octanol–water partition coefficient (Wildman–Crippen LogP) is 4.00. The molecule has 0 spiro atoms. The van der Waals surface area contributed by atoms with Crippen molar-refractivity contribution in [1.82, 2.24) is 9.88 Å². The van der Waals surface area contributed by atoms with E-state index in [1.54, 1.807) is 12.0 Å². The highest BCUT2D eigenvalue weighted by Gasteiger charge is 2.22. The number of hydrogen-bond acceptors (Lipinski definition) is 6. The van der Waals surface area contributed by atoms with Crippen LogP contribution in [0.2, 0.25) is 0 Å². The van der Waals surface area contributed by atoms with Gasteiger partial charge in [-0.25, -0.2) is 4.98 Å². The lowest BCUT2D eigenvalue weighted by atomic mass is 10.3. The maximum Gasteiger partial charge on any atom is 0.270 e. The zero-order valence-corrected chi connectivity index (χ0v) is 16.7. The second kappa shape index (κ2) is 8.62. The first-order valence-electron chi connectivity index (χ1n) is 7.53. The summed E-state index contributed by atoms with van der Waals surface area (Å²) < 4.78 is 6.28. The standard InChI is InChI=1S/C17H19N3O2S2.ClH/c1-19(2)8-9-20(16(21)14-5-4-10-23-14)17-18-13-7-6-12(22-3)11-15(13)24-17;/h4-7,10-11H,8-9H2,1-3H3;1H. The van der Waals surface area contributed by atoms with Crippen molar-refractivity contribution in [2.45, 2.75) is 0 Å². The molecule has 2 aromatic heterocycles. The summed E-state index contributed by atoms with van der Waals surface area (Å²) in [6.45, 7) is 1.37. The van der Waals surface area contributed by atoms with Crippen molar-refractivity contribution in [2.75, 3.05) is 39.2 Å². The minimum absolute atomic E-state index is 0. The zero-order chi connectivity index (χ0) is 17.1. The second-order valence-corrected chi connectivity index (χ2v) is 7.52. The minimum Gasteiger partial charge on any atom is -0.497 e. The Kier molecular flexibility index (Phi) is 6.78. The fraction of sp³-hybridized carbons (Fsp3) is 0.294. The van der Waals surface area contributed by atoms with Crippen LogP contribution in [0.5, 0.6) is 5.75 Å². The van der Waals surface area contributed by atoms with Crippen LogP contribution in [0.15, 0.2) is 35.7 Å². The smallest absolute Gasteiger partial charge is 0.270 e. The molecule has 0 aliphatic heterocycles. The maximum absolute atomic E-state index is 12.9. The third-order valence-corrected chi connectivity index (χ3v) is 5.46. The largest absolute Gasteiger partial charge is 0.497 e. The van der Waals surface area contributed by atoms with Crippen LogP contribution in [0.3, 0.4) is 0 Å². The number of halogens is 1. The summed E-state index contributed by atoms with van der Waals surface area (Å²) in [5.74, 6) is 0.792. The lowest BCUT2D eigenvalue weighted by Gasteiger charge is -2.21. The average Bonchev–Trinajstić information content (AvgIpc) is 3.23. The molecule has 1 amide bonds. The van der Waals surface area contributed by atoms with Gasteiger partial charge < -0.3 is 9.64 Å². The van der Waals surface area contributed by atoms with Gasteiger partial charge in [0.05, 0.1) is 22.2 Å². The van der Waals surface area contributed by atoms with Gasteiger partial charge in [-0.05, 0) is 43.7 Å². The van der Waals surface area contributed by atoms with Crippen LogP contribution in [0.4, 0.5) is 5.13 Å². The molecule has 1 aromatic carbocycles. The number of thiophene rings is 1. The molecule has 2 heterocycles. The number of aromatic nitrogens is 1. The van der Waals surface area contributed by atoms with Gasteiger partial charge in [-0.1, -0.05) is 17.4 Å². The SMILES string of the molecule is COc1ccc2nc(N(CCN(C)C)C(=O)c3cccs3)sc2c1.Cl. The van der Waals surface area contributed by atoms with E-state index in [0.717, 1.165) is 32.5 Å². The number of carbonyl (C=O) groups is 1. The molecule has 0 aliphatic rings. The Labute approximate surface area is 161 Å². The fourth-order valence-electron chi connectivity index (χ4n) is 2.25. The highest BCUT2D eigenvalue weighted by Crippen LogP contribution is 2.32. The van der Waals surface area contributed by atoms with Crippen molar-refractivity contribution in [3.8, 4) is 5.75 Å². The number of hydrogen-bond donors (Lipinski definition) is 0. The van der Waals surface area contributed by atoms with Crippen molar-refractivity contribution >= 4 is 56.3 Å². The number of ether oxygens (including phenoxy) is 1. The molecule has 5 nitrogen and oxygen atoms in total. The third-order valence-electron chi connectivity index (χ3n) is 3.56. The summed E-state index contributed by atoms with van der Waals surface area (Å²) in [5, 5.41) is 2.64. The predicted molar refractivity (Wildman–Crippen MR) is 108 cm³/mol. The average molecular weight is 398 g/mol. The molecular formula is C17H20ClN3O2S2. The van der Waals surface area contributed by atoms with Crippen LogP contribution in [0.1, 0.15) is 9.67 Å². The molecule has 0 fully saturated rings. The summed E-state index contributed by atoms with van der Waals surface area (Å²) >= 11 is 2.97. The molecule has 25 heavy (non-hydrogen) atoms. The summed E-state index contributed by atoms with van der Waals surface area (Å²) in [7, 11) is 5.64.